The van der Waals surface area contributed by atoms with Gasteiger partial charge in [0.1, 0.15) is 12.6 Å². The Morgan fingerprint density at radius 1 is 1.22 bits per heavy atom. The number of phosphoric acid groups is 1. The molecule has 0 spiro atoms. The SMILES string of the molecule is CCCC(=O)OC(COC(=O)CC)COP(=O)(O)OCCNC(Cc1cnc[nH]1)C(=O)O. The van der Waals surface area contributed by atoms with Gasteiger partial charge in [-0.05, 0) is 6.42 Å². The van der Waals surface area contributed by atoms with Crippen LogP contribution in [-0.2, 0) is 43.9 Å². The summed E-state index contributed by atoms with van der Waals surface area (Å²) in [6, 6.07) is -0.964. The molecule has 1 rings (SSSR count). The van der Waals surface area contributed by atoms with Gasteiger partial charge >= 0.3 is 25.7 Å². The minimum atomic E-state index is -4.54. The third kappa shape index (κ3) is 11.9. The van der Waals surface area contributed by atoms with Crippen molar-refractivity contribution in [2.45, 2.75) is 51.7 Å². The molecule has 1 heterocycles. The van der Waals surface area contributed by atoms with Crippen LogP contribution in [0.3, 0.4) is 0 Å². The molecule has 0 amide bonds. The van der Waals surface area contributed by atoms with Crippen LogP contribution in [0, 0.1) is 0 Å². The number of nitrogens with one attached hydrogen (secondary N) is 2. The predicted molar refractivity (Wildman–Crippen MR) is 109 cm³/mol. The van der Waals surface area contributed by atoms with Gasteiger partial charge in [-0.25, -0.2) is 9.55 Å². The Morgan fingerprint density at radius 2 is 1.97 bits per heavy atom. The first-order valence-corrected chi connectivity index (χ1v) is 11.6. The molecular weight excluding hydrogens is 449 g/mol. The van der Waals surface area contributed by atoms with Crippen molar-refractivity contribution in [2.24, 2.45) is 0 Å². The van der Waals surface area contributed by atoms with E-state index in [4.69, 9.17) is 18.5 Å². The summed E-state index contributed by atoms with van der Waals surface area (Å²) in [6.45, 7) is 2.11. The molecule has 0 saturated heterocycles. The second-order valence-corrected chi connectivity index (χ2v) is 8.08. The maximum Gasteiger partial charge on any atom is 0.472 e. The molecule has 1 aromatic rings. The molecule has 0 saturated carbocycles. The number of esters is 2. The Kier molecular flexibility index (Phi) is 12.7. The van der Waals surface area contributed by atoms with Crippen LogP contribution >= 0.6 is 7.82 Å². The fourth-order valence-electron chi connectivity index (χ4n) is 2.32. The van der Waals surface area contributed by atoms with Gasteiger partial charge in [-0.15, -0.1) is 0 Å². The molecule has 3 unspecified atom stereocenters. The van der Waals surface area contributed by atoms with Gasteiger partial charge in [0.15, 0.2) is 6.10 Å². The molecule has 0 aliphatic rings. The van der Waals surface area contributed by atoms with E-state index in [0.717, 1.165) is 0 Å². The molecule has 0 aliphatic carbocycles. The van der Waals surface area contributed by atoms with E-state index >= 15 is 0 Å². The molecule has 0 fully saturated rings. The first kappa shape index (κ1) is 27.7. The topological polar surface area (TPSA) is 186 Å². The normalized spacial score (nSPS) is 14.8. The summed E-state index contributed by atoms with van der Waals surface area (Å²) < 4.78 is 31.7. The van der Waals surface area contributed by atoms with E-state index in [1.807, 2.05) is 0 Å². The maximum absolute atomic E-state index is 12.1. The number of carbonyl (C=O) groups is 3. The summed E-state index contributed by atoms with van der Waals surface area (Å²) in [6.07, 6.45) is 2.73. The van der Waals surface area contributed by atoms with Crippen LogP contribution in [0.25, 0.3) is 0 Å². The Labute approximate surface area is 185 Å². The molecule has 182 valence electrons. The fraction of sp³-hybridized carbons (Fsp3) is 0.667. The number of carboxylic acid groups (broad SMARTS) is 1. The van der Waals surface area contributed by atoms with Crippen LogP contribution in [0.15, 0.2) is 12.5 Å². The number of phosphoric ester groups is 1. The summed E-state index contributed by atoms with van der Waals surface area (Å²) >= 11 is 0. The fourth-order valence-corrected chi connectivity index (χ4v) is 3.08. The summed E-state index contributed by atoms with van der Waals surface area (Å²) in [5, 5.41) is 11.9. The lowest BCUT2D eigenvalue weighted by Crippen LogP contribution is -2.40. The van der Waals surface area contributed by atoms with Crippen LogP contribution in [-0.4, -0.2) is 76.4 Å². The number of aliphatic carboxylic acids is 1. The predicted octanol–water partition coefficient (Wildman–Crippen LogP) is 0.794. The second-order valence-electron chi connectivity index (χ2n) is 6.62. The van der Waals surface area contributed by atoms with Crippen molar-refractivity contribution in [3.8, 4) is 0 Å². The summed E-state index contributed by atoms with van der Waals surface area (Å²) in [5.41, 5.74) is 0.606. The Morgan fingerprint density at radius 3 is 2.56 bits per heavy atom. The minimum Gasteiger partial charge on any atom is -0.480 e. The van der Waals surface area contributed by atoms with Crippen molar-refractivity contribution >= 4 is 25.7 Å². The average molecular weight is 479 g/mol. The number of ether oxygens (including phenoxy) is 2. The lowest BCUT2D eigenvalue weighted by atomic mass is 10.1. The first-order chi connectivity index (χ1) is 15.2. The van der Waals surface area contributed by atoms with Crippen molar-refractivity contribution in [1.29, 1.82) is 0 Å². The molecule has 0 aromatic carbocycles. The summed E-state index contributed by atoms with van der Waals surface area (Å²) in [5.74, 6) is -2.20. The van der Waals surface area contributed by atoms with Gasteiger partial charge < -0.3 is 29.8 Å². The van der Waals surface area contributed by atoms with E-state index in [2.05, 4.69) is 15.3 Å². The molecule has 0 bridgehead atoms. The number of rotatable bonds is 17. The van der Waals surface area contributed by atoms with E-state index in [1.165, 1.54) is 12.5 Å². The lowest BCUT2D eigenvalue weighted by molar-refractivity contribution is -0.161. The van der Waals surface area contributed by atoms with E-state index in [1.54, 1.807) is 13.8 Å². The smallest absolute Gasteiger partial charge is 0.472 e. The third-order valence-electron chi connectivity index (χ3n) is 3.92. The monoisotopic (exact) mass is 479 g/mol. The molecule has 1 aromatic heterocycles. The largest absolute Gasteiger partial charge is 0.480 e. The maximum atomic E-state index is 12.1. The van der Waals surface area contributed by atoms with E-state index < -0.39 is 44.5 Å². The van der Waals surface area contributed by atoms with Gasteiger partial charge in [0.05, 0.1) is 19.5 Å². The number of aromatic nitrogens is 2. The highest BCUT2D eigenvalue weighted by atomic mass is 31.2. The molecule has 0 aliphatic heterocycles. The number of hydrogen-bond acceptors (Lipinski definition) is 10. The van der Waals surface area contributed by atoms with Crippen LogP contribution in [0.1, 0.15) is 38.8 Å². The number of aromatic amines is 1. The molecule has 32 heavy (non-hydrogen) atoms. The summed E-state index contributed by atoms with van der Waals surface area (Å²) in [7, 11) is -4.54. The van der Waals surface area contributed by atoms with Gasteiger partial charge in [-0.3, -0.25) is 23.4 Å². The lowest BCUT2D eigenvalue weighted by Gasteiger charge is -2.20. The van der Waals surface area contributed by atoms with Crippen LogP contribution < -0.4 is 5.32 Å². The van der Waals surface area contributed by atoms with E-state index in [-0.39, 0.29) is 39.0 Å². The molecule has 3 atom stereocenters. The second kappa shape index (κ2) is 14.7. The Bertz CT molecular complexity index is 758. The van der Waals surface area contributed by atoms with Crippen molar-refractivity contribution in [3.63, 3.8) is 0 Å². The van der Waals surface area contributed by atoms with Crippen LogP contribution in [0.4, 0.5) is 0 Å². The Balaban J connectivity index is 2.46. The molecule has 14 heteroatoms. The van der Waals surface area contributed by atoms with Crippen LogP contribution in [0.2, 0.25) is 0 Å². The minimum absolute atomic E-state index is 0.0535. The molecule has 13 nitrogen and oxygen atoms in total. The highest BCUT2D eigenvalue weighted by molar-refractivity contribution is 7.47. The van der Waals surface area contributed by atoms with E-state index in [9.17, 15) is 28.9 Å². The first-order valence-electron chi connectivity index (χ1n) is 10.1. The Hall–Kier alpha value is -2.31. The number of carbonyl (C=O) groups excluding carboxylic acids is 2. The van der Waals surface area contributed by atoms with Crippen molar-refractivity contribution in [3.05, 3.63) is 18.2 Å². The third-order valence-corrected chi connectivity index (χ3v) is 4.90. The summed E-state index contributed by atoms with van der Waals surface area (Å²) in [4.78, 5) is 50.7. The van der Waals surface area contributed by atoms with Crippen molar-refractivity contribution in [2.75, 3.05) is 26.4 Å². The number of carboxylic acids is 1. The van der Waals surface area contributed by atoms with Gasteiger partial charge in [0.25, 0.3) is 0 Å². The zero-order valence-corrected chi connectivity index (χ0v) is 18.9. The zero-order valence-electron chi connectivity index (χ0n) is 18.0. The van der Waals surface area contributed by atoms with Crippen molar-refractivity contribution < 1.29 is 47.5 Å². The highest BCUT2D eigenvalue weighted by Crippen LogP contribution is 2.43. The van der Waals surface area contributed by atoms with Gasteiger partial charge in [-0.2, -0.15) is 0 Å². The molecule has 0 radical (unpaired) electrons. The van der Waals surface area contributed by atoms with Crippen LogP contribution in [0.5, 0.6) is 0 Å². The van der Waals surface area contributed by atoms with E-state index in [0.29, 0.717) is 12.1 Å². The van der Waals surface area contributed by atoms with Gasteiger partial charge in [-0.1, -0.05) is 13.8 Å². The molecular formula is C18H30N3O10P. The average Bonchev–Trinajstić information content (AvgIpc) is 3.25. The number of hydrogen-bond donors (Lipinski definition) is 4. The zero-order chi connectivity index (χ0) is 24.0. The number of nitrogens with zero attached hydrogens (tertiary/aromatic N) is 1. The highest BCUT2D eigenvalue weighted by Gasteiger charge is 2.26. The number of H-pyrrole nitrogens is 1. The standard InChI is InChI=1S/C18H30N3O10P/c1-3-5-17(23)31-14(10-28-16(22)4-2)11-30-32(26,27)29-7-6-20-15(18(24)25)8-13-9-19-12-21-13/h9,12,14-15,20H,3-8,10-11H2,1-2H3,(H,19,21)(H,24,25)(H,26,27). The number of imidazole rings is 1. The van der Waals surface area contributed by atoms with Crippen molar-refractivity contribution in [1.82, 2.24) is 15.3 Å². The molecule has 4 N–H and O–H groups in total. The quantitative estimate of drug-likeness (QED) is 0.140. The van der Waals surface area contributed by atoms with Gasteiger partial charge in [0, 0.05) is 37.7 Å². The van der Waals surface area contributed by atoms with Gasteiger partial charge in [0.2, 0.25) is 0 Å².